The topological polar surface area (TPSA) is 82.6 Å². The lowest BCUT2D eigenvalue weighted by molar-refractivity contribution is 0.0761. The molecule has 1 saturated heterocycles. The predicted octanol–water partition coefficient (Wildman–Crippen LogP) is 5.11. The number of amides is 1. The summed E-state index contributed by atoms with van der Waals surface area (Å²) in [5.41, 5.74) is 2.67. The molecule has 4 aromatic rings. The minimum Gasteiger partial charge on any atom is -0.337 e. The molecule has 0 saturated carbocycles. The number of anilines is 1. The molecular weight excluding hydrogens is 516 g/mol. The zero-order valence-corrected chi connectivity index (χ0v) is 22.8. The van der Waals surface area contributed by atoms with E-state index in [2.05, 4.69) is 45.1 Å². The van der Waals surface area contributed by atoms with Gasteiger partial charge in [0.05, 0.1) is 5.52 Å². The number of hydrogen-bond donors (Lipinski definition) is 1. The maximum Gasteiger partial charge on any atom is 0.264 e. The number of fused-ring (bicyclic) bond motifs is 1. The lowest BCUT2D eigenvalue weighted by Gasteiger charge is -2.23. The summed E-state index contributed by atoms with van der Waals surface area (Å²) in [4.78, 5) is 23.2. The third-order valence-corrected chi connectivity index (χ3v) is 8.98. The van der Waals surface area contributed by atoms with Crippen molar-refractivity contribution in [2.45, 2.75) is 22.8 Å². The first kappa shape index (κ1) is 26.2. The quantitative estimate of drug-likeness (QED) is 0.325. The van der Waals surface area contributed by atoms with Crippen LogP contribution in [-0.2, 0) is 16.6 Å². The van der Waals surface area contributed by atoms with Crippen LogP contribution >= 0.6 is 11.8 Å². The number of aromatic nitrogens is 1. The van der Waals surface area contributed by atoms with Crippen LogP contribution in [0.15, 0.2) is 94.9 Å². The Morgan fingerprint density at radius 1 is 0.921 bits per heavy atom. The number of hydrogen-bond acceptors (Lipinski definition) is 6. The number of rotatable bonds is 7. The molecule has 9 heteroatoms. The minimum atomic E-state index is -3.85. The van der Waals surface area contributed by atoms with Crippen molar-refractivity contribution < 1.29 is 13.2 Å². The number of thioether (sulfide) groups is 1. The second-order valence-electron chi connectivity index (χ2n) is 9.25. The van der Waals surface area contributed by atoms with Gasteiger partial charge in [-0.15, -0.1) is 11.8 Å². The van der Waals surface area contributed by atoms with Crippen molar-refractivity contribution in [1.29, 1.82) is 0 Å². The Bertz CT molecular complexity index is 1540. The number of carbonyl (C=O) groups is 1. The van der Waals surface area contributed by atoms with E-state index in [0.29, 0.717) is 29.9 Å². The van der Waals surface area contributed by atoms with Crippen LogP contribution in [0, 0.1) is 0 Å². The molecule has 1 aromatic heterocycles. The summed E-state index contributed by atoms with van der Waals surface area (Å²) in [6.45, 7) is 3.98. The lowest BCUT2D eigenvalue weighted by atomic mass is 10.2. The highest BCUT2D eigenvalue weighted by molar-refractivity contribution is 7.98. The Balaban J connectivity index is 1.23. The molecule has 38 heavy (non-hydrogen) atoms. The third kappa shape index (κ3) is 5.85. The van der Waals surface area contributed by atoms with Gasteiger partial charge < -0.3 is 4.90 Å². The zero-order valence-electron chi connectivity index (χ0n) is 21.2. The van der Waals surface area contributed by atoms with Crippen LogP contribution in [0.2, 0.25) is 0 Å². The van der Waals surface area contributed by atoms with Crippen LogP contribution in [-0.4, -0.2) is 61.5 Å². The van der Waals surface area contributed by atoms with Crippen LogP contribution in [0.5, 0.6) is 0 Å². The summed E-state index contributed by atoms with van der Waals surface area (Å²) in [6.07, 6.45) is 4.58. The minimum absolute atomic E-state index is 0.0379. The monoisotopic (exact) mass is 546 g/mol. The van der Waals surface area contributed by atoms with Gasteiger partial charge in [0.2, 0.25) is 0 Å². The second-order valence-corrected chi connectivity index (χ2v) is 11.7. The zero-order chi connectivity index (χ0) is 26.5. The maximum absolute atomic E-state index is 13.2. The summed E-state index contributed by atoms with van der Waals surface area (Å²) < 4.78 is 28.8. The number of benzene rings is 3. The van der Waals surface area contributed by atoms with E-state index in [0.717, 1.165) is 31.4 Å². The van der Waals surface area contributed by atoms with E-state index in [-0.39, 0.29) is 10.8 Å². The molecule has 1 N–H and O–H groups in total. The predicted molar refractivity (Wildman–Crippen MR) is 153 cm³/mol. The number of para-hydroxylation sites is 1. The molecule has 1 aliphatic heterocycles. The first-order valence-corrected chi connectivity index (χ1v) is 15.3. The van der Waals surface area contributed by atoms with Gasteiger partial charge in [-0.25, -0.2) is 8.42 Å². The lowest BCUT2D eigenvalue weighted by Crippen LogP contribution is -2.35. The van der Waals surface area contributed by atoms with Crippen molar-refractivity contribution in [3.63, 3.8) is 0 Å². The third-order valence-electron chi connectivity index (χ3n) is 6.73. The Kier molecular flexibility index (Phi) is 7.97. The average Bonchev–Trinajstić information content (AvgIpc) is 3.18. The van der Waals surface area contributed by atoms with Gasteiger partial charge in [0.15, 0.2) is 0 Å². The molecule has 0 radical (unpaired) electrons. The molecule has 0 atom stereocenters. The molecule has 1 amide bonds. The van der Waals surface area contributed by atoms with Gasteiger partial charge >= 0.3 is 0 Å². The van der Waals surface area contributed by atoms with Gasteiger partial charge in [-0.2, -0.15) is 0 Å². The first-order valence-electron chi connectivity index (χ1n) is 12.5. The summed E-state index contributed by atoms with van der Waals surface area (Å²) in [6, 6.07) is 23.7. The highest BCUT2D eigenvalue weighted by Crippen LogP contribution is 2.24. The molecule has 196 valence electrons. The summed E-state index contributed by atoms with van der Waals surface area (Å²) in [7, 11) is -3.85. The molecule has 0 aliphatic carbocycles. The van der Waals surface area contributed by atoms with Gasteiger partial charge in [0.25, 0.3) is 15.9 Å². The maximum atomic E-state index is 13.2. The number of carbonyl (C=O) groups excluding carboxylic acids is 1. The fourth-order valence-corrected chi connectivity index (χ4v) is 6.62. The molecule has 5 rings (SSSR count). The highest BCUT2D eigenvalue weighted by Gasteiger charge is 2.22. The van der Waals surface area contributed by atoms with Crippen molar-refractivity contribution in [1.82, 2.24) is 14.8 Å². The average molecular weight is 547 g/mol. The molecule has 7 nitrogen and oxygen atoms in total. The smallest absolute Gasteiger partial charge is 0.264 e. The number of nitrogens with one attached hydrogen (secondary N) is 1. The summed E-state index contributed by atoms with van der Waals surface area (Å²) >= 11 is 1.76. The Hall–Kier alpha value is -3.40. The number of sulfonamides is 1. The molecule has 1 aliphatic rings. The molecule has 0 unspecified atom stereocenters. The Morgan fingerprint density at radius 2 is 1.71 bits per heavy atom. The Labute approximate surface area is 227 Å². The standard InChI is InChI=1S/C29H30N4O3S2/c1-37-26-10-3-2-7-24(26)21-32-17-6-18-33(20-19-32)29(34)23-12-14-25(15-13-23)31-38(35,36)27-11-4-8-22-9-5-16-30-28(22)27/h2-5,7-16,31H,6,17-21H2,1H3. The largest absolute Gasteiger partial charge is 0.337 e. The normalized spacial score (nSPS) is 14.8. The van der Waals surface area contributed by atoms with E-state index in [9.17, 15) is 13.2 Å². The first-order chi connectivity index (χ1) is 18.4. The van der Waals surface area contributed by atoms with Crippen molar-refractivity contribution in [3.8, 4) is 0 Å². The van der Waals surface area contributed by atoms with Crippen molar-refractivity contribution in [2.24, 2.45) is 0 Å². The van der Waals surface area contributed by atoms with E-state index in [1.165, 1.54) is 16.5 Å². The number of pyridine rings is 1. The highest BCUT2D eigenvalue weighted by atomic mass is 32.2. The van der Waals surface area contributed by atoms with Crippen molar-refractivity contribution >= 4 is 44.3 Å². The van der Waals surface area contributed by atoms with Gasteiger partial charge in [0, 0.05) is 60.5 Å². The van der Waals surface area contributed by atoms with Crippen molar-refractivity contribution in [2.75, 3.05) is 37.2 Å². The molecular formula is C29H30N4O3S2. The van der Waals surface area contributed by atoms with Crippen LogP contribution < -0.4 is 4.72 Å². The van der Waals surface area contributed by atoms with E-state index in [1.54, 1.807) is 54.4 Å². The van der Waals surface area contributed by atoms with E-state index in [1.807, 2.05) is 17.0 Å². The number of nitrogens with zero attached hydrogens (tertiary/aromatic N) is 3. The fourth-order valence-electron chi connectivity index (χ4n) is 4.77. The van der Waals surface area contributed by atoms with E-state index in [4.69, 9.17) is 0 Å². The second kappa shape index (κ2) is 11.6. The SMILES string of the molecule is CSc1ccccc1CN1CCCN(C(=O)c2ccc(NS(=O)(=O)c3cccc4cccnc34)cc2)CC1. The summed E-state index contributed by atoms with van der Waals surface area (Å²) in [5.74, 6) is -0.0379. The van der Waals surface area contributed by atoms with Gasteiger partial charge in [-0.05, 0) is 60.7 Å². The van der Waals surface area contributed by atoms with E-state index >= 15 is 0 Å². The van der Waals surface area contributed by atoms with E-state index < -0.39 is 10.0 Å². The van der Waals surface area contributed by atoms with Crippen LogP contribution in [0.25, 0.3) is 10.9 Å². The molecule has 1 fully saturated rings. The molecule has 3 aromatic carbocycles. The molecule has 0 spiro atoms. The van der Waals surface area contributed by atoms with Gasteiger partial charge in [0.1, 0.15) is 4.90 Å². The van der Waals surface area contributed by atoms with Crippen LogP contribution in [0.1, 0.15) is 22.3 Å². The molecule has 2 heterocycles. The van der Waals surface area contributed by atoms with Crippen LogP contribution in [0.3, 0.4) is 0 Å². The summed E-state index contributed by atoms with van der Waals surface area (Å²) in [5, 5.41) is 0.751. The van der Waals surface area contributed by atoms with Crippen LogP contribution in [0.4, 0.5) is 5.69 Å². The fraction of sp³-hybridized carbons (Fsp3) is 0.241. The molecule has 0 bridgehead atoms. The van der Waals surface area contributed by atoms with Crippen molar-refractivity contribution in [3.05, 3.63) is 96.2 Å². The van der Waals surface area contributed by atoms with Gasteiger partial charge in [-0.1, -0.05) is 36.4 Å². The van der Waals surface area contributed by atoms with Gasteiger partial charge in [-0.3, -0.25) is 19.4 Å². The Morgan fingerprint density at radius 3 is 2.53 bits per heavy atom.